The number of nitrogens with one attached hydrogen (secondary N) is 1. The molecule has 1 atom stereocenters. The summed E-state index contributed by atoms with van der Waals surface area (Å²) in [6, 6.07) is 0.0727. The topological polar surface area (TPSA) is 82.2 Å². The fraction of sp³-hybridized carbons (Fsp3) is 0.692. The maximum absolute atomic E-state index is 12.0. The van der Waals surface area contributed by atoms with Crippen molar-refractivity contribution in [3.63, 3.8) is 0 Å². The number of rotatable bonds is 8. The zero-order valence-electron chi connectivity index (χ0n) is 12.2. The summed E-state index contributed by atoms with van der Waals surface area (Å²) in [6.07, 6.45) is 2.46. The van der Waals surface area contributed by atoms with Crippen molar-refractivity contribution in [3.05, 3.63) is 21.6 Å². The molecule has 0 fully saturated rings. The second-order valence-electron chi connectivity index (χ2n) is 5.10. The van der Waals surface area contributed by atoms with Gasteiger partial charge in [-0.2, -0.15) is 5.10 Å². The molecular formula is C13H23ClN4O2. The number of ether oxygens (including phenoxy) is 1. The van der Waals surface area contributed by atoms with Crippen LogP contribution in [0.2, 0.25) is 5.02 Å². The Morgan fingerprint density at radius 2 is 2.25 bits per heavy atom. The Morgan fingerprint density at radius 3 is 2.80 bits per heavy atom. The van der Waals surface area contributed by atoms with Crippen molar-refractivity contribution in [3.8, 4) is 0 Å². The molecule has 1 aromatic rings. The standard InChI is InChI=1S/C13H23ClN4O2/c1-9(2)6-10(7-15)17-11-8-16-18(4-5-20-3)13(19)12(11)14/h8-10,17H,4-7,15H2,1-3H3. The number of halogens is 1. The lowest BCUT2D eigenvalue weighted by atomic mass is 10.0. The number of nitrogens with zero attached hydrogens (tertiary/aromatic N) is 2. The maximum atomic E-state index is 12.0. The lowest BCUT2D eigenvalue weighted by Crippen LogP contribution is -2.32. The van der Waals surface area contributed by atoms with Crippen molar-refractivity contribution >= 4 is 17.3 Å². The predicted octanol–water partition coefficient (Wildman–Crippen LogP) is 1.33. The summed E-state index contributed by atoms with van der Waals surface area (Å²) in [5.74, 6) is 0.504. The van der Waals surface area contributed by atoms with E-state index < -0.39 is 0 Å². The second kappa shape index (κ2) is 8.24. The van der Waals surface area contributed by atoms with Crippen molar-refractivity contribution in [2.24, 2.45) is 11.7 Å². The van der Waals surface area contributed by atoms with Crippen LogP contribution >= 0.6 is 11.6 Å². The fourth-order valence-electron chi connectivity index (χ4n) is 1.91. The zero-order chi connectivity index (χ0) is 15.1. The van der Waals surface area contributed by atoms with Crippen LogP contribution in [0.25, 0.3) is 0 Å². The highest BCUT2D eigenvalue weighted by Gasteiger charge is 2.14. The average molecular weight is 303 g/mol. The third-order valence-electron chi connectivity index (χ3n) is 2.89. The number of hydrogen-bond donors (Lipinski definition) is 2. The molecule has 0 bridgehead atoms. The van der Waals surface area contributed by atoms with Gasteiger partial charge in [-0.25, -0.2) is 4.68 Å². The lowest BCUT2D eigenvalue weighted by molar-refractivity contribution is 0.182. The van der Waals surface area contributed by atoms with Gasteiger partial charge in [0.15, 0.2) is 0 Å². The zero-order valence-corrected chi connectivity index (χ0v) is 13.0. The highest BCUT2D eigenvalue weighted by molar-refractivity contribution is 6.32. The predicted molar refractivity (Wildman–Crippen MR) is 81.3 cm³/mol. The van der Waals surface area contributed by atoms with Gasteiger partial charge in [0.2, 0.25) is 0 Å². The first kappa shape index (κ1) is 16.9. The minimum absolute atomic E-state index is 0.0727. The van der Waals surface area contributed by atoms with Gasteiger partial charge in [0.05, 0.1) is 25.0 Å². The van der Waals surface area contributed by atoms with Gasteiger partial charge < -0.3 is 15.8 Å². The van der Waals surface area contributed by atoms with E-state index in [9.17, 15) is 4.79 Å². The minimum atomic E-state index is -0.325. The molecule has 1 heterocycles. The Hall–Kier alpha value is -1.11. The molecule has 1 unspecified atom stereocenters. The van der Waals surface area contributed by atoms with E-state index >= 15 is 0 Å². The van der Waals surface area contributed by atoms with Crippen LogP contribution in [0.4, 0.5) is 5.69 Å². The smallest absolute Gasteiger partial charge is 0.287 e. The van der Waals surface area contributed by atoms with Crippen molar-refractivity contribution in [1.29, 1.82) is 0 Å². The Kier molecular flexibility index (Phi) is 6.98. The first-order chi connectivity index (χ1) is 9.49. The molecule has 0 aliphatic carbocycles. The summed E-state index contributed by atoms with van der Waals surface area (Å²) in [5, 5.41) is 7.41. The summed E-state index contributed by atoms with van der Waals surface area (Å²) < 4.78 is 6.21. The van der Waals surface area contributed by atoms with Gasteiger partial charge in [0, 0.05) is 19.7 Å². The van der Waals surface area contributed by atoms with Gasteiger partial charge in [-0.05, 0) is 12.3 Å². The number of nitrogens with two attached hydrogens (primary N) is 1. The summed E-state index contributed by atoms with van der Waals surface area (Å²) in [5.41, 5.74) is 5.93. The Morgan fingerprint density at radius 1 is 1.55 bits per heavy atom. The molecule has 0 aromatic carbocycles. The second-order valence-corrected chi connectivity index (χ2v) is 5.48. The van der Waals surface area contributed by atoms with Crippen LogP contribution in [-0.4, -0.2) is 36.1 Å². The van der Waals surface area contributed by atoms with Crippen molar-refractivity contribution in [1.82, 2.24) is 9.78 Å². The van der Waals surface area contributed by atoms with Crippen molar-refractivity contribution in [2.45, 2.75) is 32.9 Å². The first-order valence-electron chi connectivity index (χ1n) is 6.70. The molecule has 3 N–H and O–H groups in total. The molecule has 0 saturated carbocycles. The van der Waals surface area contributed by atoms with Crippen LogP contribution in [0, 0.1) is 5.92 Å². The molecule has 0 aliphatic heterocycles. The van der Waals surface area contributed by atoms with Crippen molar-refractivity contribution in [2.75, 3.05) is 25.6 Å². The molecular weight excluding hydrogens is 280 g/mol. The van der Waals surface area contributed by atoms with Crippen LogP contribution in [0.5, 0.6) is 0 Å². The molecule has 6 nitrogen and oxygen atoms in total. The largest absolute Gasteiger partial charge is 0.383 e. The summed E-state index contributed by atoms with van der Waals surface area (Å²) >= 11 is 6.10. The van der Waals surface area contributed by atoms with E-state index in [1.54, 1.807) is 13.3 Å². The monoisotopic (exact) mass is 302 g/mol. The lowest BCUT2D eigenvalue weighted by Gasteiger charge is -2.20. The molecule has 0 radical (unpaired) electrons. The van der Waals surface area contributed by atoms with E-state index in [2.05, 4.69) is 24.3 Å². The molecule has 0 aliphatic rings. The number of aromatic nitrogens is 2. The van der Waals surface area contributed by atoms with Crippen LogP contribution < -0.4 is 16.6 Å². The Labute approximate surface area is 124 Å². The average Bonchev–Trinajstić information content (AvgIpc) is 2.41. The van der Waals surface area contributed by atoms with E-state index in [1.807, 2.05) is 0 Å². The maximum Gasteiger partial charge on any atom is 0.287 e. The van der Waals surface area contributed by atoms with Gasteiger partial charge in [0.1, 0.15) is 5.02 Å². The van der Waals surface area contributed by atoms with E-state index in [-0.39, 0.29) is 16.6 Å². The van der Waals surface area contributed by atoms with Gasteiger partial charge in [0.25, 0.3) is 5.56 Å². The molecule has 1 rings (SSSR count). The number of anilines is 1. The van der Waals surface area contributed by atoms with Crippen LogP contribution in [0.3, 0.4) is 0 Å². The minimum Gasteiger partial charge on any atom is -0.383 e. The van der Waals surface area contributed by atoms with Gasteiger partial charge >= 0.3 is 0 Å². The van der Waals surface area contributed by atoms with E-state index in [4.69, 9.17) is 22.1 Å². The number of methoxy groups -OCH3 is 1. The van der Waals surface area contributed by atoms with Gasteiger partial charge in [-0.3, -0.25) is 4.79 Å². The quantitative estimate of drug-likeness (QED) is 0.757. The summed E-state index contributed by atoms with van der Waals surface area (Å²) in [4.78, 5) is 12.0. The summed E-state index contributed by atoms with van der Waals surface area (Å²) in [7, 11) is 1.57. The molecule has 7 heteroatoms. The van der Waals surface area contributed by atoms with Gasteiger partial charge in [-0.1, -0.05) is 25.4 Å². The first-order valence-corrected chi connectivity index (χ1v) is 7.08. The van der Waals surface area contributed by atoms with E-state index in [1.165, 1.54) is 4.68 Å². The highest BCUT2D eigenvalue weighted by atomic mass is 35.5. The highest BCUT2D eigenvalue weighted by Crippen LogP contribution is 2.18. The van der Waals surface area contributed by atoms with Crippen LogP contribution in [0.1, 0.15) is 20.3 Å². The van der Waals surface area contributed by atoms with Gasteiger partial charge in [-0.15, -0.1) is 0 Å². The molecule has 1 aromatic heterocycles. The van der Waals surface area contributed by atoms with E-state index in [0.29, 0.717) is 31.3 Å². The molecule has 20 heavy (non-hydrogen) atoms. The van der Waals surface area contributed by atoms with Crippen LogP contribution in [0.15, 0.2) is 11.0 Å². The molecule has 0 spiro atoms. The molecule has 114 valence electrons. The normalized spacial score (nSPS) is 12.7. The summed E-state index contributed by atoms with van der Waals surface area (Å²) in [6.45, 7) is 5.50. The Balaban J connectivity index is 2.86. The Bertz CT molecular complexity index is 476. The van der Waals surface area contributed by atoms with Crippen LogP contribution in [-0.2, 0) is 11.3 Å². The SMILES string of the molecule is COCCn1ncc(NC(CN)CC(C)C)c(Cl)c1=O. The molecule has 0 amide bonds. The van der Waals surface area contributed by atoms with Crippen molar-refractivity contribution < 1.29 is 4.74 Å². The van der Waals surface area contributed by atoms with E-state index in [0.717, 1.165) is 6.42 Å². The molecule has 0 saturated heterocycles. The number of hydrogen-bond acceptors (Lipinski definition) is 5. The fourth-order valence-corrected chi connectivity index (χ4v) is 2.11. The third-order valence-corrected chi connectivity index (χ3v) is 3.26. The third kappa shape index (κ3) is 4.77.